The Morgan fingerprint density at radius 2 is 2.11 bits per heavy atom. The standard InChI is InChI=1S/C12H9N3O2S2/c1-6-3-4-18-8(6)5-9-11(17)15-12(19-9)13-10(16)7(2)14-15/h3-5H,1-2H3/b9-5+. The zero-order valence-electron chi connectivity index (χ0n) is 10.2. The first-order valence-corrected chi connectivity index (χ1v) is 7.22. The van der Waals surface area contributed by atoms with Gasteiger partial charge in [-0.25, -0.2) is 0 Å². The van der Waals surface area contributed by atoms with Crippen LogP contribution in [0.15, 0.2) is 21.0 Å². The molecule has 3 heterocycles. The summed E-state index contributed by atoms with van der Waals surface area (Å²) in [6, 6.07) is 2.00. The van der Waals surface area contributed by atoms with Crippen molar-refractivity contribution in [3.8, 4) is 0 Å². The first kappa shape index (κ1) is 12.2. The predicted molar refractivity (Wildman–Crippen MR) is 76.0 cm³/mol. The fraction of sp³-hybridized carbons (Fsp3) is 0.167. The van der Waals surface area contributed by atoms with Gasteiger partial charge in [0, 0.05) is 4.88 Å². The number of nitrogens with zero attached hydrogens (tertiary/aromatic N) is 3. The highest BCUT2D eigenvalue weighted by Gasteiger charge is 2.08. The van der Waals surface area contributed by atoms with E-state index in [1.165, 1.54) is 15.9 Å². The Morgan fingerprint density at radius 3 is 2.79 bits per heavy atom. The van der Waals surface area contributed by atoms with Crippen LogP contribution in [0.2, 0.25) is 0 Å². The molecule has 0 aliphatic heterocycles. The number of aryl methyl sites for hydroxylation is 2. The number of fused-ring (bicyclic) bond motifs is 1. The normalized spacial score (nSPS) is 12.4. The molecule has 0 saturated heterocycles. The van der Waals surface area contributed by atoms with Gasteiger partial charge in [-0.05, 0) is 36.9 Å². The summed E-state index contributed by atoms with van der Waals surface area (Å²) in [4.78, 5) is 28.8. The smallest absolute Gasteiger partial charge is 0.266 e. The van der Waals surface area contributed by atoms with Crippen molar-refractivity contribution in [2.24, 2.45) is 0 Å². The first-order valence-electron chi connectivity index (χ1n) is 5.52. The van der Waals surface area contributed by atoms with Gasteiger partial charge < -0.3 is 0 Å². The highest BCUT2D eigenvalue weighted by molar-refractivity contribution is 7.15. The Bertz CT molecular complexity index is 936. The summed E-state index contributed by atoms with van der Waals surface area (Å²) in [5, 5.41) is 5.94. The average Bonchev–Trinajstić information content (AvgIpc) is 2.89. The van der Waals surface area contributed by atoms with Crippen molar-refractivity contribution in [3.63, 3.8) is 0 Å². The molecule has 0 saturated carbocycles. The van der Waals surface area contributed by atoms with Gasteiger partial charge in [-0.3, -0.25) is 9.59 Å². The maximum atomic E-state index is 12.2. The van der Waals surface area contributed by atoms with E-state index < -0.39 is 0 Å². The van der Waals surface area contributed by atoms with Crippen LogP contribution in [-0.4, -0.2) is 14.6 Å². The third kappa shape index (κ3) is 2.00. The molecular weight excluding hydrogens is 282 g/mol. The molecule has 0 amide bonds. The second-order valence-corrected chi connectivity index (χ2v) is 6.04. The summed E-state index contributed by atoms with van der Waals surface area (Å²) >= 11 is 2.75. The largest absolute Gasteiger partial charge is 0.295 e. The molecule has 0 aromatic carbocycles. The SMILES string of the molecule is Cc1ccsc1/C=c1/sc2nc(=O)c(C)nn2c1=O. The molecule has 0 spiro atoms. The summed E-state index contributed by atoms with van der Waals surface area (Å²) in [6.07, 6.45) is 1.82. The maximum absolute atomic E-state index is 12.2. The average molecular weight is 291 g/mol. The zero-order valence-corrected chi connectivity index (χ0v) is 11.8. The van der Waals surface area contributed by atoms with Crippen molar-refractivity contribution in [2.75, 3.05) is 0 Å². The molecule has 5 nitrogen and oxygen atoms in total. The molecule has 7 heteroatoms. The number of hydrogen-bond acceptors (Lipinski definition) is 6. The van der Waals surface area contributed by atoms with Gasteiger partial charge in [-0.15, -0.1) is 11.3 Å². The second kappa shape index (κ2) is 4.36. The fourth-order valence-electron chi connectivity index (χ4n) is 1.64. The molecule has 0 unspecified atom stereocenters. The van der Waals surface area contributed by atoms with Gasteiger partial charge in [0.15, 0.2) is 0 Å². The second-order valence-electron chi connectivity index (χ2n) is 4.08. The van der Waals surface area contributed by atoms with Gasteiger partial charge in [-0.2, -0.15) is 14.6 Å². The molecule has 0 aliphatic carbocycles. The van der Waals surface area contributed by atoms with Crippen LogP contribution in [0.25, 0.3) is 11.0 Å². The van der Waals surface area contributed by atoms with Gasteiger partial charge in [0.05, 0.1) is 4.53 Å². The van der Waals surface area contributed by atoms with Gasteiger partial charge in [0.2, 0.25) is 4.96 Å². The Morgan fingerprint density at radius 1 is 1.32 bits per heavy atom. The highest BCUT2D eigenvalue weighted by atomic mass is 32.1. The molecule has 0 aliphatic rings. The summed E-state index contributed by atoms with van der Waals surface area (Å²) < 4.78 is 1.73. The number of aromatic nitrogens is 3. The minimum atomic E-state index is -0.389. The summed E-state index contributed by atoms with van der Waals surface area (Å²) in [5.74, 6) is 0. The van der Waals surface area contributed by atoms with E-state index in [4.69, 9.17) is 0 Å². The third-order valence-corrected chi connectivity index (χ3v) is 4.63. The number of thiazole rings is 1. The van der Waals surface area contributed by atoms with Crippen LogP contribution in [0.5, 0.6) is 0 Å². The highest BCUT2D eigenvalue weighted by Crippen LogP contribution is 2.15. The Hall–Kier alpha value is -1.86. The van der Waals surface area contributed by atoms with Crippen LogP contribution in [-0.2, 0) is 0 Å². The van der Waals surface area contributed by atoms with E-state index in [2.05, 4.69) is 10.1 Å². The van der Waals surface area contributed by atoms with Crippen LogP contribution in [0.1, 0.15) is 16.1 Å². The summed E-state index contributed by atoms with van der Waals surface area (Å²) in [7, 11) is 0. The molecule has 0 bridgehead atoms. The van der Waals surface area contributed by atoms with Crippen molar-refractivity contribution in [3.05, 3.63) is 52.8 Å². The minimum Gasteiger partial charge on any atom is -0.266 e. The van der Waals surface area contributed by atoms with Crippen molar-refractivity contribution in [1.82, 2.24) is 14.6 Å². The molecule has 96 valence electrons. The van der Waals surface area contributed by atoms with E-state index in [1.807, 2.05) is 24.4 Å². The first-order chi connectivity index (χ1) is 9.06. The van der Waals surface area contributed by atoms with E-state index in [9.17, 15) is 9.59 Å². The lowest BCUT2D eigenvalue weighted by Crippen LogP contribution is -2.27. The lowest BCUT2D eigenvalue weighted by atomic mass is 10.3. The van der Waals surface area contributed by atoms with Crippen LogP contribution >= 0.6 is 22.7 Å². The van der Waals surface area contributed by atoms with Crippen molar-refractivity contribution >= 4 is 33.7 Å². The molecular formula is C12H9N3O2S2. The molecule has 0 N–H and O–H groups in total. The van der Waals surface area contributed by atoms with Crippen LogP contribution in [0.3, 0.4) is 0 Å². The van der Waals surface area contributed by atoms with Gasteiger partial charge in [-0.1, -0.05) is 11.3 Å². The van der Waals surface area contributed by atoms with E-state index in [-0.39, 0.29) is 16.8 Å². The van der Waals surface area contributed by atoms with Crippen molar-refractivity contribution in [2.45, 2.75) is 13.8 Å². The lowest BCUT2D eigenvalue weighted by Gasteiger charge is -1.89. The molecule has 3 rings (SSSR count). The monoisotopic (exact) mass is 291 g/mol. The van der Waals surface area contributed by atoms with E-state index in [0.717, 1.165) is 10.4 Å². The Labute approximate surface area is 115 Å². The number of rotatable bonds is 1. The van der Waals surface area contributed by atoms with E-state index in [0.29, 0.717) is 9.49 Å². The topological polar surface area (TPSA) is 64.3 Å². The van der Waals surface area contributed by atoms with Crippen molar-refractivity contribution < 1.29 is 0 Å². The van der Waals surface area contributed by atoms with Gasteiger partial charge >= 0.3 is 0 Å². The van der Waals surface area contributed by atoms with Gasteiger partial charge in [0.25, 0.3) is 11.1 Å². The third-order valence-electron chi connectivity index (χ3n) is 2.71. The lowest BCUT2D eigenvalue weighted by molar-refractivity contribution is 0.833. The molecule has 19 heavy (non-hydrogen) atoms. The van der Waals surface area contributed by atoms with Crippen LogP contribution in [0.4, 0.5) is 0 Å². The molecule has 0 fully saturated rings. The van der Waals surface area contributed by atoms with Crippen molar-refractivity contribution in [1.29, 1.82) is 0 Å². The molecule has 0 radical (unpaired) electrons. The fourth-order valence-corrected chi connectivity index (χ4v) is 3.46. The quantitative estimate of drug-likeness (QED) is 0.663. The molecule has 3 aromatic heterocycles. The Balaban J connectivity index is 2.35. The maximum Gasteiger partial charge on any atom is 0.295 e. The Kier molecular flexibility index (Phi) is 2.79. The van der Waals surface area contributed by atoms with Crippen LogP contribution < -0.4 is 15.7 Å². The summed E-state index contributed by atoms with van der Waals surface area (Å²) in [6.45, 7) is 3.54. The van der Waals surface area contributed by atoms with Gasteiger partial charge in [0.1, 0.15) is 5.69 Å². The number of thiophene rings is 1. The van der Waals surface area contributed by atoms with E-state index >= 15 is 0 Å². The minimum absolute atomic E-state index is 0.228. The molecule has 0 atom stereocenters. The number of hydrogen-bond donors (Lipinski definition) is 0. The predicted octanol–water partition coefficient (Wildman–Crippen LogP) is 0.737. The van der Waals surface area contributed by atoms with Crippen LogP contribution in [0, 0.1) is 13.8 Å². The molecule has 3 aromatic rings. The zero-order chi connectivity index (χ0) is 13.6. The van der Waals surface area contributed by atoms with E-state index in [1.54, 1.807) is 18.3 Å². The summed E-state index contributed by atoms with van der Waals surface area (Å²) in [5.41, 5.74) is 0.725.